The van der Waals surface area contributed by atoms with Crippen LogP contribution in [0, 0.1) is 0 Å². The van der Waals surface area contributed by atoms with Crippen molar-refractivity contribution >= 4 is 11.5 Å². The number of hydrogen-bond acceptors (Lipinski definition) is 4. The number of rotatable bonds is 10. The first-order chi connectivity index (χ1) is 18.2. The molecule has 5 aromatic rings. The fraction of sp³-hybridized carbons (Fsp3) is 0.0938. The Hall–Kier alpha value is -4.77. The maximum absolute atomic E-state index is 10.8. The number of carboxylic acids is 1. The van der Waals surface area contributed by atoms with Gasteiger partial charge in [-0.1, -0.05) is 60.7 Å². The topological polar surface area (TPSA) is 72.8 Å². The summed E-state index contributed by atoms with van der Waals surface area (Å²) in [7, 11) is 0. The zero-order valence-corrected chi connectivity index (χ0v) is 20.2. The lowest BCUT2D eigenvalue weighted by Crippen LogP contribution is -1.99. The van der Waals surface area contributed by atoms with Crippen LogP contribution in [0.3, 0.4) is 0 Å². The van der Waals surface area contributed by atoms with Gasteiger partial charge in [0, 0.05) is 17.5 Å². The van der Waals surface area contributed by atoms with E-state index in [1.165, 1.54) is 0 Å². The van der Waals surface area contributed by atoms with E-state index < -0.39 is 5.97 Å². The molecule has 5 nitrogen and oxygen atoms in total. The molecular formula is C32H26O5. The van der Waals surface area contributed by atoms with E-state index in [-0.39, 0.29) is 6.42 Å². The second-order valence-corrected chi connectivity index (χ2v) is 8.65. The average Bonchev–Trinajstić information content (AvgIpc) is 3.66. The van der Waals surface area contributed by atoms with E-state index in [0.29, 0.717) is 13.0 Å². The summed E-state index contributed by atoms with van der Waals surface area (Å²) in [6, 6.07) is 28.2. The van der Waals surface area contributed by atoms with Gasteiger partial charge in [-0.25, -0.2) is 0 Å². The molecule has 5 rings (SSSR count). The van der Waals surface area contributed by atoms with Gasteiger partial charge in [0.1, 0.15) is 12.4 Å². The minimum atomic E-state index is -0.798. The third-order valence-corrected chi connectivity index (χ3v) is 6.19. The van der Waals surface area contributed by atoms with E-state index in [4.69, 9.17) is 18.7 Å². The van der Waals surface area contributed by atoms with Crippen molar-refractivity contribution in [2.75, 3.05) is 6.61 Å². The Kier molecular flexibility index (Phi) is 7.32. The van der Waals surface area contributed by atoms with Crippen molar-refractivity contribution < 1.29 is 23.5 Å². The zero-order chi connectivity index (χ0) is 25.5. The fourth-order valence-corrected chi connectivity index (χ4v) is 4.17. The molecule has 1 N–H and O–H groups in total. The molecule has 0 bridgehead atoms. The Balaban J connectivity index is 1.36. The number of carbonyl (C=O) groups is 1. The normalized spacial score (nSPS) is 10.7. The van der Waals surface area contributed by atoms with Crippen LogP contribution in [0.5, 0.6) is 5.75 Å². The molecule has 2 aromatic heterocycles. The second kappa shape index (κ2) is 11.3. The molecular weight excluding hydrogens is 464 g/mol. The first-order valence-electron chi connectivity index (χ1n) is 12.1. The van der Waals surface area contributed by atoms with Crippen LogP contribution in [0.2, 0.25) is 0 Å². The maximum Gasteiger partial charge on any atom is 0.303 e. The monoisotopic (exact) mass is 490 g/mol. The van der Waals surface area contributed by atoms with E-state index in [0.717, 1.165) is 50.3 Å². The van der Waals surface area contributed by atoms with Gasteiger partial charge in [0.05, 0.1) is 25.1 Å². The van der Waals surface area contributed by atoms with Crippen LogP contribution in [0.1, 0.15) is 23.1 Å². The summed E-state index contributed by atoms with van der Waals surface area (Å²) in [5, 5.41) is 8.87. The van der Waals surface area contributed by atoms with E-state index in [2.05, 4.69) is 54.6 Å². The summed E-state index contributed by atoms with van der Waals surface area (Å²) in [6.07, 6.45) is 9.52. The van der Waals surface area contributed by atoms with Crippen LogP contribution in [0.15, 0.2) is 125 Å². The molecule has 0 radical (unpaired) electrons. The van der Waals surface area contributed by atoms with Crippen molar-refractivity contribution in [1.82, 2.24) is 0 Å². The highest BCUT2D eigenvalue weighted by molar-refractivity contribution is 5.82. The minimum absolute atomic E-state index is 0.116. The molecule has 37 heavy (non-hydrogen) atoms. The summed E-state index contributed by atoms with van der Waals surface area (Å²) < 4.78 is 16.5. The first-order valence-corrected chi connectivity index (χ1v) is 12.1. The van der Waals surface area contributed by atoms with Gasteiger partial charge in [-0.2, -0.15) is 0 Å². The van der Waals surface area contributed by atoms with Gasteiger partial charge >= 0.3 is 5.97 Å². The molecule has 0 spiro atoms. The van der Waals surface area contributed by atoms with Crippen molar-refractivity contribution in [2.24, 2.45) is 0 Å². The Bertz CT molecular complexity index is 1360. The zero-order valence-electron chi connectivity index (χ0n) is 20.2. The molecule has 3 aromatic carbocycles. The van der Waals surface area contributed by atoms with E-state index in [1.54, 1.807) is 25.1 Å². The predicted octanol–water partition coefficient (Wildman–Crippen LogP) is 7.73. The number of furan rings is 2. The smallest absolute Gasteiger partial charge is 0.303 e. The standard InChI is InChI=1S/C32H26O5/c33-32(34)14-3-23-1-12-30(13-2-23)37-20-17-31(26-8-4-24(5-9-26)28-15-18-35-21-28)27-10-6-25(7-11-27)29-16-19-36-22-29/h1-2,4-13,15-19,21-22H,3,14,20H2,(H,33,34). The van der Waals surface area contributed by atoms with Gasteiger partial charge in [0.15, 0.2) is 0 Å². The van der Waals surface area contributed by atoms with Gasteiger partial charge in [-0.05, 0) is 70.2 Å². The molecule has 0 saturated heterocycles. The molecule has 0 aliphatic carbocycles. The highest BCUT2D eigenvalue weighted by Gasteiger charge is 2.09. The number of benzene rings is 3. The van der Waals surface area contributed by atoms with Crippen LogP contribution in [0.25, 0.3) is 27.8 Å². The Morgan fingerprint density at radius 3 is 1.70 bits per heavy atom. The fourth-order valence-electron chi connectivity index (χ4n) is 4.17. The minimum Gasteiger partial charge on any atom is -0.490 e. The molecule has 0 atom stereocenters. The van der Waals surface area contributed by atoms with Gasteiger partial charge in [-0.3, -0.25) is 4.79 Å². The average molecular weight is 491 g/mol. The van der Waals surface area contributed by atoms with Gasteiger partial charge in [-0.15, -0.1) is 0 Å². The molecule has 0 fully saturated rings. The third kappa shape index (κ3) is 6.08. The van der Waals surface area contributed by atoms with Crippen molar-refractivity contribution in [2.45, 2.75) is 12.8 Å². The highest BCUT2D eigenvalue weighted by atomic mass is 16.5. The lowest BCUT2D eigenvalue weighted by molar-refractivity contribution is -0.136. The van der Waals surface area contributed by atoms with Crippen LogP contribution in [0.4, 0.5) is 0 Å². The lowest BCUT2D eigenvalue weighted by atomic mass is 9.94. The Morgan fingerprint density at radius 2 is 1.24 bits per heavy atom. The van der Waals surface area contributed by atoms with Crippen LogP contribution >= 0.6 is 0 Å². The number of aryl methyl sites for hydroxylation is 1. The van der Waals surface area contributed by atoms with Crippen molar-refractivity contribution in [1.29, 1.82) is 0 Å². The predicted molar refractivity (Wildman–Crippen MR) is 143 cm³/mol. The molecule has 2 heterocycles. The van der Waals surface area contributed by atoms with Crippen molar-refractivity contribution in [3.05, 3.63) is 133 Å². The Labute approximate surface area is 215 Å². The SMILES string of the molecule is O=C(O)CCc1ccc(OCC=C(c2ccc(-c3ccoc3)cc2)c2ccc(-c3ccoc3)cc2)cc1. The lowest BCUT2D eigenvalue weighted by Gasteiger charge is -2.12. The summed E-state index contributed by atoms with van der Waals surface area (Å²) in [5.74, 6) is -0.0612. The van der Waals surface area contributed by atoms with Gasteiger partial charge in [0.2, 0.25) is 0 Å². The number of aliphatic carboxylic acids is 1. The van der Waals surface area contributed by atoms with Crippen molar-refractivity contribution in [3.8, 4) is 28.0 Å². The molecule has 0 saturated carbocycles. The molecule has 0 aliphatic rings. The van der Waals surface area contributed by atoms with Crippen molar-refractivity contribution in [3.63, 3.8) is 0 Å². The Morgan fingerprint density at radius 1 is 0.703 bits per heavy atom. The number of ether oxygens (including phenoxy) is 1. The molecule has 0 aliphatic heterocycles. The number of hydrogen-bond donors (Lipinski definition) is 1. The summed E-state index contributed by atoms with van der Waals surface area (Å²) in [4.78, 5) is 10.8. The third-order valence-electron chi connectivity index (χ3n) is 6.19. The molecule has 0 unspecified atom stereocenters. The van der Waals surface area contributed by atoms with E-state index in [1.807, 2.05) is 36.4 Å². The summed E-state index contributed by atoms with van der Waals surface area (Å²) in [6.45, 7) is 0.386. The first kappa shape index (κ1) is 23.9. The van der Waals surface area contributed by atoms with Gasteiger partial charge in [0.25, 0.3) is 0 Å². The van der Waals surface area contributed by atoms with Crippen LogP contribution < -0.4 is 4.74 Å². The van der Waals surface area contributed by atoms with E-state index in [9.17, 15) is 4.79 Å². The van der Waals surface area contributed by atoms with E-state index >= 15 is 0 Å². The van der Waals surface area contributed by atoms with Gasteiger partial charge < -0.3 is 18.7 Å². The largest absolute Gasteiger partial charge is 0.490 e. The number of carboxylic acid groups (broad SMARTS) is 1. The second-order valence-electron chi connectivity index (χ2n) is 8.65. The molecule has 5 heteroatoms. The van der Waals surface area contributed by atoms with Crippen LogP contribution in [-0.4, -0.2) is 17.7 Å². The summed E-state index contributed by atoms with van der Waals surface area (Å²) in [5.41, 5.74) is 8.45. The molecule has 184 valence electrons. The molecule has 0 amide bonds. The quantitative estimate of drug-likeness (QED) is 0.217. The van der Waals surface area contributed by atoms with Crippen LogP contribution in [-0.2, 0) is 11.2 Å². The maximum atomic E-state index is 10.8. The highest BCUT2D eigenvalue weighted by Crippen LogP contribution is 2.29. The summed E-state index contributed by atoms with van der Waals surface area (Å²) >= 11 is 0.